The van der Waals surface area contributed by atoms with Gasteiger partial charge in [-0.2, -0.15) is 5.10 Å². The maximum Gasteiger partial charge on any atom is 0.249 e. The fourth-order valence-corrected chi connectivity index (χ4v) is 3.01. The average molecular weight is 301 g/mol. The Morgan fingerprint density at radius 1 is 1.48 bits per heavy atom. The highest BCUT2D eigenvalue weighted by Crippen LogP contribution is 2.21. The van der Waals surface area contributed by atoms with Gasteiger partial charge in [0.1, 0.15) is 0 Å². The van der Waals surface area contributed by atoms with E-state index in [4.69, 9.17) is 5.73 Å². The van der Waals surface area contributed by atoms with Crippen molar-refractivity contribution in [3.63, 3.8) is 0 Å². The second-order valence-electron chi connectivity index (χ2n) is 4.82. The molecule has 1 amide bonds. The van der Waals surface area contributed by atoms with Crippen molar-refractivity contribution in [2.75, 3.05) is 5.32 Å². The van der Waals surface area contributed by atoms with Crippen molar-refractivity contribution in [1.82, 2.24) is 14.8 Å². The quantitative estimate of drug-likeness (QED) is 0.772. The van der Waals surface area contributed by atoms with E-state index in [2.05, 4.69) is 15.4 Å². The predicted molar refractivity (Wildman–Crippen MR) is 83.4 cm³/mol. The van der Waals surface area contributed by atoms with Crippen molar-refractivity contribution >= 4 is 34.0 Å². The zero-order chi connectivity index (χ0) is 15.0. The molecule has 0 unspecified atom stereocenters. The lowest BCUT2D eigenvalue weighted by Gasteiger charge is -2.04. The number of amides is 1. The van der Waals surface area contributed by atoms with Gasteiger partial charge in [0.25, 0.3) is 0 Å². The van der Waals surface area contributed by atoms with Crippen molar-refractivity contribution in [3.05, 3.63) is 39.8 Å². The summed E-state index contributed by atoms with van der Waals surface area (Å²) in [5.74, 6) is -0.397. The smallest absolute Gasteiger partial charge is 0.249 e. The predicted octanol–water partition coefficient (Wildman–Crippen LogP) is 2.05. The number of fused-ring (bicyclic) bond motifs is 1. The van der Waals surface area contributed by atoms with Crippen LogP contribution in [-0.2, 0) is 13.6 Å². The van der Waals surface area contributed by atoms with Gasteiger partial charge in [-0.1, -0.05) is 0 Å². The summed E-state index contributed by atoms with van der Waals surface area (Å²) in [4.78, 5) is 16.5. The maximum absolute atomic E-state index is 11.1. The van der Waals surface area contributed by atoms with Crippen molar-refractivity contribution in [1.29, 1.82) is 0 Å². The molecule has 0 aliphatic carbocycles. The first-order valence-corrected chi connectivity index (χ1v) is 7.33. The summed E-state index contributed by atoms with van der Waals surface area (Å²) in [5.41, 5.74) is 8.54. The summed E-state index contributed by atoms with van der Waals surface area (Å²) in [7, 11) is 1.88. The van der Waals surface area contributed by atoms with Gasteiger partial charge in [-0.15, -0.1) is 11.3 Å². The highest BCUT2D eigenvalue weighted by molar-refractivity contribution is 7.10. The number of hydrogen-bond acceptors (Lipinski definition) is 5. The molecule has 0 fully saturated rings. The highest BCUT2D eigenvalue weighted by atomic mass is 32.1. The van der Waals surface area contributed by atoms with Crippen LogP contribution in [0.1, 0.15) is 20.9 Å². The Balaban J connectivity index is 1.78. The molecule has 3 heterocycles. The molecule has 3 rings (SSSR count). The zero-order valence-corrected chi connectivity index (χ0v) is 12.6. The highest BCUT2D eigenvalue weighted by Gasteiger charge is 2.08. The second-order valence-corrected chi connectivity index (χ2v) is 5.82. The second kappa shape index (κ2) is 5.17. The third-order valence-electron chi connectivity index (χ3n) is 3.27. The number of nitrogens with one attached hydrogen (secondary N) is 1. The Labute approximate surface area is 125 Å². The fourth-order valence-electron chi connectivity index (χ4n) is 2.20. The number of hydrogen-bond donors (Lipinski definition) is 2. The van der Waals surface area contributed by atoms with Gasteiger partial charge in [0.05, 0.1) is 23.1 Å². The van der Waals surface area contributed by atoms with Gasteiger partial charge >= 0.3 is 0 Å². The lowest BCUT2D eigenvalue weighted by molar-refractivity contribution is 0.100. The van der Waals surface area contributed by atoms with Gasteiger partial charge in [-0.3, -0.25) is 9.48 Å². The van der Waals surface area contributed by atoms with E-state index >= 15 is 0 Å². The molecule has 0 saturated carbocycles. The van der Waals surface area contributed by atoms with Crippen LogP contribution in [0, 0.1) is 6.92 Å². The number of primary amides is 1. The summed E-state index contributed by atoms with van der Waals surface area (Å²) in [5, 5.41) is 10.5. The molecule has 3 aromatic heterocycles. The van der Waals surface area contributed by atoms with Gasteiger partial charge in [-0.25, -0.2) is 4.98 Å². The zero-order valence-electron chi connectivity index (χ0n) is 11.8. The molecule has 0 spiro atoms. The Bertz CT molecular complexity index is 820. The summed E-state index contributed by atoms with van der Waals surface area (Å²) in [6, 6.07) is 3.84. The first-order valence-electron chi connectivity index (χ1n) is 6.45. The molecule has 0 atom stereocenters. The number of aryl methyl sites for hydroxylation is 2. The molecule has 6 nitrogen and oxygen atoms in total. The standard InChI is InChI=1S/C14H15N5OS/c1-8-12-4-10(5-17-14(12)19(2)18-8)16-6-11-3-9(7-21-11)13(15)20/h3-5,7,16H,6H2,1-2H3,(H2,15,20). The van der Waals surface area contributed by atoms with E-state index < -0.39 is 5.91 Å². The van der Waals surface area contributed by atoms with Gasteiger partial charge < -0.3 is 11.1 Å². The van der Waals surface area contributed by atoms with Crippen LogP contribution in [0.4, 0.5) is 5.69 Å². The summed E-state index contributed by atoms with van der Waals surface area (Å²) in [6.45, 7) is 2.59. The van der Waals surface area contributed by atoms with Gasteiger partial charge in [0, 0.05) is 29.2 Å². The molecule has 3 aromatic rings. The molecule has 0 bridgehead atoms. The van der Waals surface area contributed by atoms with E-state index in [1.165, 1.54) is 11.3 Å². The first-order chi connectivity index (χ1) is 10.0. The number of rotatable bonds is 4. The van der Waals surface area contributed by atoms with Crippen LogP contribution in [0.25, 0.3) is 11.0 Å². The van der Waals surface area contributed by atoms with Crippen molar-refractivity contribution in [2.45, 2.75) is 13.5 Å². The molecule has 0 radical (unpaired) electrons. The number of carbonyl (C=O) groups is 1. The van der Waals surface area contributed by atoms with Crippen LogP contribution in [0.5, 0.6) is 0 Å². The van der Waals surface area contributed by atoms with E-state index in [1.54, 1.807) is 22.3 Å². The molecular weight excluding hydrogens is 286 g/mol. The summed E-state index contributed by atoms with van der Waals surface area (Å²) in [6.07, 6.45) is 1.78. The minimum atomic E-state index is -0.397. The number of anilines is 1. The van der Waals surface area contributed by atoms with E-state index in [0.717, 1.165) is 27.3 Å². The van der Waals surface area contributed by atoms with Crippen LogP contribution < -0.4 is 11.1 Å². The van der Waals surface area contributed by atoms with Crippen LogP contribution in [0.15, 0.2) is 23.7 Å². The number of carbonyl (C=O) groups excluding carboxylic acids is 1. The van der Waals surface area contributed by atoms with E-state index in [-0.39, 0.29) is 0 Å². The largest absolute Gasteiger partial charge is 0.379 e. The molecule has 0 aromatic carbocycles. The van der Waals surface area contributed by atoms with Crippen molar-refractivity contribution in [3.8, 4) is 0 Å². The van der Waals surface area contributed by atoms with E-state index in [9.17, 15) is 4.79 Å². The SMILES string of the molecule is Cc1nn(C)c2ncc(NCc3cc(C(N)=O)cs3)cc12. The van der Waals surface area contributed by atoms with E-state index in [1.807, 2.05) is 20.0 Å². The third kappa shape index (κ3) is 2.59. The number of pyridine rings is 1. The Hall–Kier alpha value is -2.41. The van der Waals surface area contributed by atoms with E-state index in [0.29, 0.717) is 12.1 Å². The molecular formula is C14H15N5OS. The summed E-state index contributed by atoms with van der Waals surface area (Å²) < 4.78 is 1.77. The minimum Gasteiger partial charge on any atom is -0.379 e. The topological polar surface area (TPSA) is 85.8 Å². The van der Waals surface area contributed by atoms with Crippen LogP contribution in [0.3, 0.4) is 0 Å². The normalized spacial score (nSPS) is 11.0. The molecule has 0 aliphatic rings. The van der Waals surface area contributed by atoms with Gasteiger partial charge in [-0.05, 0) is 19.1 Å². The van der Waals surface area contributed by atoms with Crippen LogP contribution >= 0.6 is 11.3 Å². The van der Waals surface area contributed by atoms with Crippen LogP contribution in [-0.4, -0.2) is 20.7 Å². The third-order valence-corrected chi connectivity index (χ3v) is 4.20. The number of aromatic nitrogens is 3. The molecule has 3 N–H and O–H groups in total. The lowest BCUT2D eigenvalue weighted by Crippen LogP contribution is -2.09. The molecule has 108 valence electrons. The first kappa shape index (κ1) is 13.6. The van der Waals surface area contributed by atoms with Crippen LogP contribution in [0.2, 0.25) is 0 Å². The number of nitrogens with zero attached hydrogens (tertiary/aromatic N) is 3. The molecule has 7 heteroatoms. The number of nitrogens with two attached hydrogens (primary N) is 1. The summed E-state index contributed by atoms with van der Waals surface area (Å²) >= 11 is 1.51. The van der Waals surface area contributed by atoms with Crippen molar-refractivity contribution < 1.29 is 4.79 Å². The average Bonchev–Trinajstić information content (AvgIpc) is 3.03. The molecule has 21 heavy (non-hydrogen) atoms. The Kier molecular flexibility index (Phi) is 3.34. The van der Waals surface area contributed by atoms with Crippen molar-refractivity contribution in [2.24, 2.45) is 12.8 Å². The maximum atomic E-state index is 11.1. The molecule has 0 aliphatic heterocycles. The Morgan fingerprint density at radius 3 is 3.00 bits per heavy atom. The lowest BCUT2D eigenvalue weighted by atomic mass is 10.2. The Morgan fingerprint density at radius 2 is 2.29 bits per heavy atom. The van der Waals surface area contributed by atoms with Gasteiger partial charge in [0.2, 0.25) is 5.91 Å². The monoisotopic (exact) mass is 301 g/mol. The minimum absolute atomic E-state index is 0.397. The fraction of sp³-hybridized carbons (Fsp3) is 0.214. The molecule has 0 saturated heterocycles. The number of thiophene rings is 1. The van der Waals surface area contributed by atoms with Gasteiger partial charge in [0.15, 0.2) is 5.65 Å².